The van der Waals surface area contributed by atoms with Crippen LogP contribution in [-0.4, -0.2) is 16.7 Å². The zero-order chi connectivity index (χ0) is 14.4. The van der Waals surface area contributed by atoms with Gasteiger partial charge in [-0.05, 0) is 32.0 Å². The van der Waals surface area contributed by atoms with E-state index < -0.39 is 0 Å². The first-order chi connectivity index (χ1) is 9.74. The third-order valence-corrected chi connectivity index (χ3v) is 2.84. The van der Waals surface area contributed by atoms with Crippen LogP contribution in [0, 0.1) is 6.92 Å². The number of hydrogen-bond acceptors (Lipinski definition) is 4. The van der Waals surface area contributed by atoms with Crippen LogP contribution in [-0.2, 0) is 13.2 Å². The lowest BCUT2D eigenvalue weighted by Crippen LogP contribution is -2.04. The first kappa shape index (κ1) is 14.3. The summed E-state index contributed by atoms with van der Waals surface area (Å²) in [6.07, 6.45) is 0. The van der Waals surface area contributed by atoms with E-state index in [1.54, 1.807) is 0 Å². The molecule has 0 bridgehead atoms. The number of nitrogens with zero attached hydrogens (tertiary/aromatic N) is 1. The zero-order valence-electron chi connectivity index (χ0n) is 11.8. The van der Waals surface area contributed by atoms with E-state index in [1.165, 1.54) is 0 Å². The Hall–Kier alpha value is -2.07. The Kier molecular flexibility index (Phi) is 4.96. The van der Waals surface area contributed by atoms with Crippen LogP contribution < -0.4 is 9.47 Å². The highest BCUT2D eigenvalue weighted by Crippen LogP contribution is 2.32. The molecule has 1 aromatic heterocycles. The molecule has 0 atom stereocenters. The molecule has 0 amide bonds. The highest BCUT2D eigenvalue weighted by atomic mass is 16.5. The van der Waals surface area contributed by atoms with E-state index in [2.05, 4.69) is 4.98 Å². The van der Waals surface area contributed by atoms with E-state index in [1.807, 2.05) is 50.2 Å². The summed E-state index contributed by atoms with van der Waals surface area (Å²) in [6.45, 7) is 4.67. The van der Waals surface area contributed by atoms with Gasteiger partial charge >= 0.3 is 0 Å². The largest absolute Gasteiger partial charge is 0.490 e. The lowest BCUT2D eigenvalue weighted by Gasteiger charge is -2.14. The molecule has 0 saturated heterocycles. The molecule has 20 heavy (non-hydrogen) atoms. The number of benzene rings is 1. The number of aliphatic hydroxyl groups is 1. The molecule has 4 heteroatoms. The average Bonchev–Trinajstić information content (AvgIpc) is 2.46. The van der Waals surface area contributed by atoms with Gasteiger partial charge < -0.3 is 14.6 Å². The number of pyridine rings is 1. The molecule has 0 spiro atoms. The number of para-hydroxylation sites is 1. The SMILES string of the molecule is CCOc1cccc(CO)c1OCc1cccc(C)n1. The maximum Gasteiger partial charge on any atom is 0.167 e. The average molecular weight is 273 g/mol. The van der Waals surface area contributed by atoms with Crippen molar-refractivity contribution in [2.45, 2.75) is 27.1 Å². The third-order valence-electron chi connectivity index (χ3n) is 2.84. The Labute approximate surface area is 119 Å². The Morgan fingerprint density at radius 2 is 1.90 bits per heavy atom. The van der Waals surface area contributed by atoms with Gasteiger partial charge in [0.25, 0.3) is 0 Å². The predicted molar refractivity (Wildman–Crippen MR) is 76.8 cm³/mol. The summed E-state index contributed by atoms with van der Waals surface area (Å²) in [4.78, 5) is 4.39. The van der Waals surface area contributed by atoms with Crippen molar-refractivity contribution in [3.05, 3.63) is 53.3 Å². The van der Waals surface area contributed by atoms with Gasteiger partial charge in [0.05, 0.1) is 18.9 Å². The van der Waals surface area contributed by atoms with E-state index in [0.717, 1.165) is 11.4 Å². The fourth-order valence-corrected chi connectivity index (χ4v) is 1.94. The highest BCUT2D eigenvalue weighted by Gasteiger charge is 2.11. The second-order valence-electron chi connectivity index (χ2n) is 4.39. The lowest BCUT2D eigenvalue weighted by molar-refractivity contribution is 0.241. The van der Waals surface area contributed by atoms with Gasteiger partial charge in [-0.1, -0.05) is 18.2 Å². The van der Waals surface area contributed by atoms with Gasteiger partial charge in [0.15, 0.2) is 11.5 Å². The molecule has 4 nitrogen and oxygen atoms in total. The van der Waals surface area contributed by atoms with Gasteiger partial charge in [-0.2, -0.15) is 0 Å². The van der Waals surface area contributed by atoms with Crippen molar-refractivity contribution in [2.24, 2.45) is 0 Å². The van der Waals surface area contributed by atoms with E-state index in [9.17, 15) is 5.11 Å². The lowest BCUT2D eigenvalue weighted by atomic mass is 10.2. The van der Waals surface area contributed by atoms with Gasteiger partial charge in [0.1, 0.15) is 6.61 Å². The standard InChI is InChI=1S/C16H19NO3/c1-3-19-15-9-5-7-13(10-18)16(15)20-11-14-8-4-6-12(2)17-14/h4-9,18H,3,10-11H2,1-2H3. The summed E-state index contributed by atoms with van der Waals surface area (Å²) in [6, 6.07) is 11.3. The van der Waals surface area contributed by atoms with Crippen LogP contribution in [0.3, 0.4) is 0 Å². The summed E-state index contributed by atoms with van der Waals surface area (Å²) < 4.78 is 11.3. The van der Waals surface area contributed by atoms with Crippen LogP contribution in [0.15, 0.2) is 36.4 Å². The molecule has 2 rings (SSSR count). The molecular formula is C16H19NO3. The number of rotatable bonds is 6. The fraction of sp³-hybridized carbons (Fsp3) is 0.312. The summed E-state index contributed by atoms with van der Waals surface area (Å²) in [5.74, 6) is 1.23. The van der Waals surface area contributed by atoms with E-state index >= 15 is 0 Å². The first-order valence-electron chi connectivity index (χ1n) is 6.65. The molecule has 0 fully saturated rings. The molecule has 2 aromatic rings. The van der Waals surface area contributed by atoms with Crippen molar-refractivity contribution in [1.29, 1.82) is 0 Å². The minimum atomic E-state index is -0.0858. The maximum atomic E-state index is 9.40. The minimum Gasteiger partial charge on any atom is -0.490 e. The van der Waals surface area contributed by atoms with Crippen molar-refractivity contribution in [3.63, 3.8) is 0 Å². The van der Waals surface area contributed by atoms with E-state index in [4.69, 9.17) is 9.47 Å². The topological polar surface area (TPSA) is 51.6 Å². The molecule has 0 aliphatic carbocycles. The summed E-state index contributed by atoms with van der Waals surface area (Å²) in [5.41, 5.74) is 2.51. The van der Waals surface area contributed by atoms with Crippen molar-refractivity contribution in [1.82, 2.24) is 4.98 Å². The summed E-state index contributed by atoms with van der Waals surface area (Å²) >= 11 is 0. The van der Waals surface area contributed by atoms with Crippen molar-refractivity contribution in [3.8, 4) is 11.5 Å². The second kappa shape index (κ2) is 6.91. The van der Waals surface area contributed by atoms with Crippen molar-refractivity contribution >= 4 is 0 Å². The molecule has 0 aliphatic rings. The number of hydrogen-bond donors (Lipinski definition) is 1. The first-order valence-corrected chi connectivity index (χ1v) is 6.65. The molecule has 1 N–H and O–H groups in total. The third kappa shape index (κ3) is 3.48. The normalized spacial score (nSPS) is 10.3. The van der Waals surface area contributed by atoms with Crippen LogP contribution in [0.4, 0.5) is 0 Å². The molecule has 0 aliphatic heterocycles. The minimum absolute atomic E-state index is 0.0858. The Morgan fingerprint density at radius 1 is 1.10 bits per heavy atom. The fourth-order valence-electron chi connectivity index (χ4n) is 1.94. The number of aryl methyl sites for hydroxylation is 1. The molecule has 1 aromatic carbocycles. The van der Waals surface area contributed by atoms with Crippen LogP contribution in [0.25, 0.3) is 0 Å². The second-order valence-corrected chi connectivity index (χ2v) is 4.39. The molecule has 0 unspecified atom stereocenters. The molecular weight excluding hydrogens is 254 g/mol. The predicted octanol–water partition coefficient (Wildman–Crippen LogP) is 2.86. The Morgan fingerprint density at radius 3 is 2.60 bits per heavy atom. The molecule has 106 valence electrons. The molecule has 0 radical (unpaired) electrons. The number of aromatic nitrogens is 1. The smallest absolute Gasteiger partial charge is 0.167 e. The van der Waals surface area contributed by atoms with Gasteiger partial charge in [-0.25, -0.2) is 0 Å². The zero-order valence-corrected chi connectivity index (χ0v) is 11.8. The van der Waals surface area contributed by atoms with Crippen LogP contribution in [0.2, 0.25) is 0 Å². The van der Waals surface area contributed by atoms with Crippen LogP contribution in [0.1, 0.15) is 23.9 Å². The molecule has 0 saturated carbocycles. The van der Waals surface area contributed by atoms with Gasteiger partial charge in [0.2, 0.25) is 0 Å². The van der Waals surface area contributed by atoms with Crippen LogP contribution >= 0.6 is 0 Å². The summed E-state index contributed by atoms with van der Waals surface area (Å²) in [7, 11) is 0. The maximum absolute atomic E-state index is 9.40. The van der Waals surface area contributed by atoms with Gasteiger partial charge in [0, 0.05) is 11.3 Å². The van der Waals surface area contributed by atoms with Crippen LogP contribution in [0.5, 0.6) is 11.5 Å². The highest BCUT2D eigenvalue weighted by molar-refractivity contribution is 5.46. The van der Waals surface area contributed by atoms with Crippen molar-refractivity contribution < 1.29 is 14.6 Å². The van der Waals surface area contributed by atoms with E-state index in [-0.39, 0.29) is 6.61 Å². The monoisotopic (exact) mass is 273 g/mol. The van der Waals surface area contributed by atoms with Crippen molar-refractivity contribution in [2.75, 3.05) is 6.61 Å². The van der Waals surface area contributed by atoms with Gasteiger partial charge in [-0.3, -0.25) is 4.98 Å². The molecule has 1 heterocycles. The number of aliphatic hydroxyl groups excluding tert-OH is 1. The Bertz CT molecular complexity index is 569. The van der Waals surface area contributed by atoms with E-state index in [0.29, 0.717) is 30.3 Å². The van der Waals surface area contributed by atoms with Gasteiger partial charge in [-0.15, -0.1) is 0 Å². The summed E-state index contributed by atoms with van der Waals surface area (Å²) in [5, 5.41) is 9.40. The quantitative estimate of drug-likeness (QED) is 0.879. The Balaban J connectivity index is 2.19. The number of ether oxygens (including phenoxy) is 2.